The van der Waals surface area contributed by atoms with Gasteiger partial charge in [-0.05, 0) is 39.0 Å². The molecule has 0 saturated heterocycles. The molecule has 0 aromatic heterocycles. The van der Waals surface area contributed by atoms with Crippen molar-refractivity contribution < 1.29 is 22.9 Å². The van der Waals surface area contributed by atoms with E-state index in [0.29, 0.717) is 13.2 Å². The lowest BCUT2D eigenvalue weighted by atomic mass is 10.1. The Morgan fingerprint density at radius 3 is 1.66 bits per heavy atom. The summed E-state index contributed by atoms with van der Waals surface area (Å²) in [6.07, 6.45) is 22.4. The van der Waals surface area contributed by atoms with Crippen molar-refractivity contribution in [2.75, 3.05) is 34.4 Å². The van der Waals surface area contributed by atoms with Crippen molar-refractivity contribution in [3.8, 4) is 0 Å². The zero-order chi connectivity index (χ0) is 21.8. The van der Waals surface area contributed by atoms with Crippen LogP contribution in [-0.4, -0.2) is 39.0 Å². The molecular weight excluding hydrogens is 385 g/mol. The van der Waals surface area contributed by atoms with Gasteiger partial charge in [-0.2, -0.15) is 4.65 Å². The maximum absolute atomic E-state index is 12.5. The minimum absolute atomic E-state index is 0.0880. The molecule has 1 unspecified atom stereocenters. The smallest absolute Gasteiger partial charge is 0.284 e. The van der Waals surface area contributed by atoms with Gasteiger partial charge in [-0.1, -0.05) is 81.5 Å². The Morgan fingerprint density at radius 2 is 1.17 bits per heavy atom. The van der Waals surface area contributed by atoms with Gasteiger partial charge in [0.15, 0.2) is 0 Å². The third-order valence-corrected chi connectivity index (χ3v) is 6.30. The number of rotatable bonds is 21. The summed E-state index contributed by atoms with van der Waals surface area (Å²) in [5, 5.41) is 0. The standard InChI is InChI=1S/C23H49NO4P/c1-6-8-9-10-11-12-13-14-15-16-17-18-19-20-21-22-23-27-29(25,26-7-2)28-24(3,4)5/h14-15H,6-13,16-23H2,1-5H3/q+1/b15-14+. The highest BCUT2D eigenvalue weighted by atomic mass is 31.2. The molecule has 0 aromatic rings. The second kappa shape index (κ2) is 18.6. The highest BCUT2D eigenvalue weighted by molar-refractivity contribution is 7.48. The predicted octanol–water partition coefficient (Wildman–Crippen LogP) is 7.82. The predicted molar refractivity (Wildman–Crippen MR) is 124 cm³/mol. The summed E-state index contributed by atoms with van der Waals surface area (Å²) in [5.74, 6) is 0. The molecule has 174 valence electrons. The van der Waals surface area contributed by atoms with E-state index in [0.717, 1.165) is 12.8 Å². The third kappa shape index (κ3) is 20.8. The molecule has 0 aliphatic carbocycles. The summed E-state index contributed by atoms with van der Waals surface area (Å²) in [5.41, 5.74) is 0. The highest BCUT2D eigenvalue weighted by Crippen LogP contribution is 2.51. The van der Waals surface area contributed by atoms with Crippen LogP contribution in [0.5, 0.6) is 0 Å². The molecule has 0 bridgehead atoms. The van der Waals surface area contributed by atoms with Gasteiger partial charge in [-0.25, -0.2) is 4.57 Å². The lowest BCUT2D eigenvalue weighted by Gasteiger charge is -2.25. The van der Waals surface area contributed by atoms with Crippen molar-refractivity contribution in [2.45, 2.75) is 104 Å². The Hall–Kier alpha value is -0.190. The average Bonchev–Trinajstić information content (AvgIpc) is 2.63. The lowest BCUT2D eigenvalue weighted by Crippen LogP contribution is -2.33. The molecule has 0 spiro atoms. The molecule has 0 rings (SSSR count). The zero-order valence-electron chi connectivity index (χ0n) is 20.0. The second-order valence-electron chi connectivity index (χ2n) is 8.61. The summed E-state index contributed by atoms with van der Waals surface area (Å²) in [6.45, 7) is 4.78. The fourth-order valence-electron chi connectivity index (χ4n) is 3.07. The molecule has 0 aliphatic heterocycles. The van der Waals surface area contributed by atoms with Gasteiger partial charge in [0.05, 0.1) is 34.4 Å². The van der Waals surface area contributed by atoms with Crippen molar-refractivity contribution in [1.29, 1.82) is 0 Å². The van der Waals surface area contributed by atoms with E-state index >= 15 is 0 Å². The SMILES string of the molecule is CCCCCCCC/C=C/CCCCCCCCOP(=O)(OCC)O[N+](C)(C)C. The molecule has 5 nitrogen and oxygen atoms in total. The van der Waals surface area contributed by atoms with Crippen LogP contribution in [0.3, 0.4) is 0 Å². The third-order valence-electron chi connectivity index (χ3n) is 4.54. The highest BCUT2D eigenvalue weighted by Gasteiger charge is 2.34. The molecule has 0 N–H and O–H groups in total. The summed E-state index contributed by atoms with van der Waals surface area (Å²) in [4.78, 5) is 0. The molecule has 0 heterocycles. The van der Waals surface area contributed by atoms with Crippen molar-refractivity contribution >= 4 is 7.82 Å². The fourth-order valence-corrected chi connectivity index (χ4v) is 4.51. The number of nitrogens with zero attached hydrogens (tertiary/aromatic N) is 1. The van der Waals surface area contributed by atoms with E-state index in [2.05, 4.69) is 19.1 Å². The molecule has 0 amide bonds. The lowest BCUT2D eigenvalue weighted by molar-refractivity contribution is -1.04. The van der Waals surface area contributed by atoms with Gasteiger partial charge in [-0.3, -0.25) is 9.05 Å². The van der Waals surface area contributed by atoms with Gasteiger partial charge < -0.3 is 0 Å². The largest absolute Gasteiger partial charge is 0.520 e. The quantitative estimate of drug-likeness (QED) is 0.0607. The minimum atomic E-state index is -3.47. The van der Waals surface area contributed by atoms with Crippen LogP contribution in [-0.2, 0) is 18.2 Å². The Bertz CT molecular complexity index is 435. The summed E-state index contributed by atoms with van der Waals surface area (Å²) < 4.78 is 28.7. The van der Waals surface area contributed by atoms with Gasteiger partial charge in [-0.15, -0.1) is 0 Å². The van der Waals surface area contributed by atoms with Gasteiger partial charge in [0, 0.05) is 0 Å². The monoisotopic (exact) mass is 434 g/mol. The fraction of sp³-hybridized carbons (Fsp3) is 0.913. The van der Waals surface area contributed by atoms with Crippen molar-refractivity contribution in [3.63, 3.8) is 0 Å². The molecule has 0 aliphatic rings. The maximum Gasteiger partial charge on any atom is 0.520 e. The number of hydrogen-bond donors (Lipinski definition) is 0. The number of phosphoric ester groups is 1. The number of hydroxylamine groups is 3. The first-order valence-electron chi connectivity index (χ1n) is 11.9. The summed E-state index contributed by atoms with van der Waals surface area (Å²) in [7, 11) is 1.91. The van der Waals surface area contributed by atoms with Crippen LogP contribution in [0.1, 0.15) is 104 Å². The van der Waals surface area contributed by atoms with Crippen LogP contribution < -0.4 is 0 Å². The molecule has 1 atom stereocenters. The minimum Gasteiger partial charge on any atom is -0.284 e. The van der Waals surface area contributed by atoms with Gasteiger partial charge >= 0.3 is 7.82 Å². The Kier molecular flexibility index (Phi) is 18.4. The number of quaternary nitrogens is 1. The number of unbranched alkanes of at least 4 members (excludes halogenated alkanes) is 12. The first-order chi connectivity index (χ1) is 13.8. The van der Waals surface area contributed by atoms with Crippen LogP contribution in [0.25, 0.3) is 0 Å². The van der Waals surface area contributed by atoms with Crippen LogP contribution >= 0.6 is 7.82 Å². The van der Waals surface area contributed by atoms with Crippen molar-refractivity contribution in [1.82, 2.24) is 0 Å². The summed E-state index contributed by atoms with van der Waals surface area (Å²) in [6, 6.07) is 0. The van der Waals surface area contributed by atoms with Gasteiger partial charge in [0.2, 0.25) is 0 Å². The van der Waals surface area contributed by atoms with E-state index in [9.17, 15) is 4.57 Å². The zero-order valence-corrected chi connectivity index (χ0v) is 20.9. The normalized spacial score (nSPS) is 14.5. The molecule has 29 heavy (non-hydrogen) atoms. The van der Waals surface area contributed by atoms with Crippen molar-refractivity contribution in [3.05, 3.63) is 12.2 Å². The van der Waals surface area contributed by atoms with E-state index in [1.54, 1.807) is 28.1 Å². The van der Waals surface area contributed by atoms with E-state index in [1.165, 1.54) is 77.0 Å². The van der Waals surface area contributed by atoms with Gasteiger partial charge in [0.1, 0.15) is 0 Å². The summed E-state index contributed by atoms with van der Waals surface area (Å²) >= 11 is 0. The van der Waals surface area contributed by atoms with Crippen LogP contribution in [0.2, 0.25) is 0 Å². The number of phosphoric acid groups is 1. The van der Waals surface area contributed by atoms with Gasteiger partial charge in [0.25, 0.3) is 0 Å². The van der Waals surface area contributed by atoms with E-state index < -0.39 is 7.82 Å². The Labute approximate surface area is 181 Å². The molecule has 0 saturated carbocycles. The second-order valence-corrected chi connectivity index (χ2v) is 10.2. The molecule has 6 heteroatoms. The van der Waals surface area contributed by atoms with Crippen LogP contribution in [0, 0.1) is 0 Å². The van der Waals surface area contributed by atoms with Crippen LogP contribution in [0.4, 0.5) is 0 Å². The van der Waals surface area contributed by atoms with E-state index in [4.69, 9.17) is 13.7 Å². The molecule has 0 aromatic carbocycles. The molecule has 0 fully saturated rings. The first-order valence-corrected chi connectivity index (χ1v) is 13.4. The topological polar surface area (TPSA) is 44.8 Å². The van der Waals surface area contributed by atoms with E-state index in [1.807, 2.05) is 0 Å². The Morgan fingerprint density at radius 1 is 0.690 bits per heavy atom. The molecular formula is C23H49NO4P+. The number of hydrogen-bond acceptors (Lipinski definition) is 4. The molecule has 0 radical (unpaired) electrons. The Balaban J connectivity index is 3.52. The first kappa shape index (κ1) is 28.8. The van der Waals surface area contributed by atoms with E-state index in [-0.39, 0.29) is 4.65 Å². The van der Waals surface area contributed by atoms with Crippen LogP contribution in [0.15, 0.2) is 12.2 Å². The maximum atomic E-state index is 12.5. The average molecular weight is 435 g/mol. The van der Waals surface area contributed by atoms with Crippen molar-refractivity contribution in [2.24, 2.45) is 0 Å². The number of allylic oxidation sites excluding steroid dienone is 2.